The quantitative estimate of drug-likeness (QED) is 0.655. The summed E-state index contributed by atoms with van der Waals surface area (Å²) >= 11 is 1.68. The number of aryl methyl sites for hydroxylation is 2. The molecule has 0 amide bonds. The second-order valence-electron chi connectivity index (χ2n) is 6.38. The van der Waals surface area contributed by atoms with E-state index in [1.165, 1.54) is 11.1 Å². The molecule has 130 valence electrons. The first-order valence-corrected chi connectivity index (χ1v) is 9.30. The second-order valence-corrected chi connectivity index (χ2v) is 7.16. The van der Waals surface area contributed by atoms with Gasteiger partial charge < -0.3 is 14.9 Å². The van der Waals surface area contributed by atoms with Gasteiger partial charge in [0.2, 0.25) is 0 Å². The third-order valence-corrected chi connectivity index (χ3v) is 5.58. The summed E-state index contributed by atoms with van der Waals surface area (Å²) in [6.07, 6.45) is 0. The standard InChI is InChI=1S/C19H21N3O2S/c1-12-18(13(2)24-22-12)14-3-4-17-16(9-14)19(11-20-17,21-6-7-23)15-5-8-25-10-15/h3-5,8-10,20-21,23H,6-7,11H2,1-2H3. The number of hydrogen-bond acceptors (Lipinski definition) is 6. The zero-order chi connectivity index (χ0) is 17.4. The van der Waals surface area contributed by atoms with Crippen LogP contribution in [-0.2, 0) is 5.54 Å². The Balaban J connectivity index is 1.86. The zero-order valence-corrected chi connectivity index (χ0v) is 15.1. The van der Waals surface area contributed by atoms with Crippen molar-refractivity contribution in [3.63, 3.8) is 0 Å². The second kappa shape index (κ2) is 6.29. The topological polar surface area (TPSA) is 70.3 Å². The van der Waals surface area contributed by atoms with Gasteiger partial charge in [0.15, 0.2) is 0 Å². The highest BCUT2D eigenvalue weighted by Crippen LogP contribution is 2.43. The highest BCUT2D eigenvalue weighted by Gasteiger charge is 2.40. The van der Waals surface area contributed by atoms with Crippen LogP contribution in [0.15, 0.2) is 39.5 Å². The summed E-state index contributed by atoms with van der Waals surface area (Å²) in [6.45, 7) is 5.30. The molecule has 0 bridgehead atoms. The van der Waals surface area contributed by atoms with Crippen molar-refractivity contribution in [1.29, 1.82) is 0 Å². The molecule has 2 aromatic heterocycles. The Bertz CT molecular complexity index is 869. The molecule has 3 heterocycles. The number of thiophene rings is 1. The fourth-order valence-corrected chi connectivity index (χ4v) is 4.45. The third-order valence-electron chi connectivity index (χ3n) is 4.90. The monoisotopic (exact) mass is 355 g/mol. The van der Waals surface area contributed by atoms with E-state index in [4.69, 9.17) is 4.52 Å². The fraction of sp³-hybridized carbons (Fsp3) is 0.316. The molecule has 4 rings (SSSR count). The lowest BCUT2D eigenvalue weighted by Gasteiger charge is -2.30. The van der Waals surface area contributed by atoms with E-state index in [2.05, 4.69) is 50.8 Å². The smallest absolute Gasteiger partial charge is 0.141 e. The first-order chi connectivity index (χ1) is 12.2. The molecule has 0 aliphatic carbocycles. The van der Waals surface area contributed by atoms with Crippen molar-refractivity contribution in [2.75, 3.05) is 25.0 Å². The largest absolute Gasteiger partial charge is 0.395 e. The lowest BCUT2D eigenvalue weighted by atomic mass is 9.84. The highest BCUT2D eigenvalue weighted by atomic mass is 32.1. The number of anilines is 1. The third kappa shape index (κ3) is 2.57. The average Bonchev–Trinajstić information content (AvgIpc) is 3.33. The van der Waals surface area contributed by atoms with Crippen LogP contribution in [0.3, 0.4) is 0 Å². The summed E-state index contributed by atoms with van der Waals surface area (Å²) < 4.78 is 5.35. The van der Waals surface area contributed by atoms with Crippen molar-refractivity contribution in [3.05, 3.63) is 57.6 Å². The van der Waals surface area contributed by atoms with Gasteiger partial charge in [-0.25, -0.2) is 0 Å². The molecule has 1 unspecified atom stereocenters. The van der Waals surface area contributed by atoms with Gasteiger partial charge in [-0.2, -0.15) is 11.3 Å². The van der Waals surface area contributed by atoms with E-state index in [1.54, 1.807) is 11.3 Å². The van der Waals surface area contributed by atoms with E-state index in [0.29, 0.717) is 6.54 Å². The normalized spacial score (nSPS) is 19.0. The molecule has 0 radical (unpaired) electrons. The molecular weight excluding hydrogens is 334 g/mol. The molecule has 3 aromatic rings. The van der Waals surface area contributed by atoms with E-state index >= 15 is 0 Å². The van der Waals surface area contributed by atoms with Crippen LogP contribution in [0, 0.1) is 13.8 Å². The number of nitrogens with zero attached hydrogens (tertiary/aromatic N) is 1. The van der Waals surface area contributed by atoms with Gasteiger partial charge >= 0.3 is 0 Å². The van der Waals surface area contributed by atoms with Crippen LogP contribution in [0.5, 0.6) is 0 Å². The van der Waals surface area contributed by atoms with Crippen LogP contribution in [0.1, 0.15) is 22.6 Å². The first kappa shape index (κ1) is 16.3. The number of hydrogen-bond donors (Lipinski definition) is 3. The van der Waals surface area contributed by atoms with Gasteiger partial charge in [0, 0.05) is 29.9 Å². The maximum atomic E-state index is 9.36. The number of fused-ring (bicyclic) bond motifs is 1. The van der Waals surface area contributed by atoms with Crippen molar-refractivity contribution < 1.29 is 9.63 Å². The predicted molar refractivity (Wildman–Crippen MR) is 100 cm³/mol. The molecule has 0 saturated heterocycles. The Kier molecular flexibility index (Phi) is 4.11. The Morgan fingerprint density at radius 3 is 2.92 bits per heavy atom. The Morgan fingerprint density at radius 1 is 1.36 bits per heavy atom. The van der Waals surface area contributed by atoms with Gasteiger partial charge in [0.25, 0.3) is 0 Å². The summed E-state index contributed by atoms with van der Waals surface area (Å²) in [6, 6.07) is 8.58. The number of rotatable bonds is 5. The van der Waals surface area contributed by atoms with E-state index in [1.807, 2.05) is 13.8 Å². The van der Waals surface area contributed by atoms with Gasteiger partial charge in [0.1, 0.15) is 5.76 Å². The molecule has 1 aliphatic heterocycles. The van der Waals surface area contributed by atoms with Gasteiger partial charge in [-0.1, -0.05) is 11.2 Å². The molecule has 0 saturated carbocycles. The van der Waals surface area contributed by atoms with Crippen LogP contribution < -0.4 is 10.6 Å². The number of benzene rings is 1. The van der Waals surface area contributed by atoms with Crippen LogP contribution in [-0.4, -0.2) is 30.0 Å². The van der Waals surface area contributed by atoms with Crippen LogP contribution in [0.4, 0.5) is 5.69 Å². The molecule has 6 heteroatoms. The Labute approximate surface area is 150 Å². The summed E-state index contributed by atoms with van der Waals surface area (Å²) in [5.41, 5.74) is 6.23. The minimum atomic E-state index is -0.340. The summed E-state index contributed by atoms with van der Waals surface area (Å²) in [4.78, 5) is 0. The summed E-state index contributed by atoms with van der Waals surface area (Å²) in [7, 11) is 0. The number of aliphatic hydroxyl groups is 1. The number of nitrogens with one attached hydrogen (secondary N) is 2. The lowest BCUT2D eigenvalue weighted by Crippen LogP contribution is -2.46. The number of aromatic nitrogens is 1. The van der Waals surface area contributed by atoms with E-state index in [-0.39, 0.29) is 12.1 Å². The predicted octanol–water partition coefficient (Wildman–Crippen LogP) is 3.27. The minimum absolute atomic E-state index is 0.102. The lowest BCUT2D eigenvalue weighted by molar-refractivity contribution is 0.273. The van der Waals surface area contributed by atoms with E-state index in [0.717, 1.165) is 34.8 Å². The summed E-state index contributed by atoms with van der Waals surface area (Å²) in [5, 5.41) is 24.8. The molecule has 5 nitrogen and oxygen atoms in total. The van der Waals surface area contributed by atoms with Crippen molar-refractivity contribution in [3.8, 4) is 11.1 Å². The molecule has 1 aromatic carbocycles. The number of aliphatic hydroxyl groups excluding tert-OH is 1. The van der Waals surface area contributed by atoms with Gasteiger partial charge in [0.05, 0.1) is 17.8 Å². The maximum absolute atomic E-state index is 9.36. The molecule has 1 atom stereocenters. The summed E-state index contributed by atoms with van der Waals surface area (Å²) in [5.74, 6) is 0.827. The first-order valence-electron chi connectivity index (χ1n) is 8.36. The average molecular weight is 355 g/mol. The fourth-order valence-electron chi connectivity index (χ4n) is 3.72. The maximum Gasteiger partial charge on any atom is 0.141 e. The van der Waals surface area contributed by atoms with Crippen molar-refractivity contribution >= 4 is 17.0 Å². The van der Waals surface area contributed by atoms with Crippen LogP contribution >= 0.6 is 11.3 Å². The molecular formula is C19H21N3O2S. The van der Waals surface area contributed by atoms with Gasteiger partial charge in [-0.05, 0) is 53.9 Å². The molecule has 1 aliphatic rings. The van der Waals surface area contributed by atoms with Crippen molar-refractivity contribution in [2.24, 2.45) is 0 Å². The van der Waals surface area contributed by atoms with Gasteiger partial charge in [-0.3, -0.25) is 5.32 Å². The molecule has 3 N–H and O–H groups in total. The molecule has 25 heavy (non-hydrogen) atoms. The Hall–Kier alpha value is -2.15. The van der Waals surface area contributed by atoms with Crippen LogP contribution in [0.25, 0.3) is 11.1 Å². The molecule has 0 spiro atoms. The van der Waals surface area contributed by atoms with E-state index in [9.17, 15) is 5.11 Å². The zero-order valence-electron chi connectivity index (χ0n) is 14.3. The SMILES string of the molecule is Cc1noc(C)c1-c1ccc2c(c1)C(NCCO)(c1ccsc1)CN2. The highest BCUT2D eigenvalue weighted by molar-refractivity contribution is 7.08. The van der Waals surface area contributed by atoms with Crippen LogP contribution in [0.2, 0.25) is 0 Å². The molecule has 0 fully saturated rings. The van der Waals surface area contributed by atoms with Crippen molar-refractivity contribution in [1.82, 2.24) is 10.5 Å². The van der Waals surface area contributed by atoms with Crippen molar-refractivity contribution in [2.45, 2.75) is 19.4 Å². The Morgan fingerprint density at radius 2 is 2.24 bits per heavy atom. The van der Waals surface area contributed by atoms with Gasteiger partial charge in [-0.15, -0.1) is 0 Å². The van der Waals surface area contributed by atoms with E-state index < -0.39 is 0 Å². The minimum Gasteiger partial charge on any atom is -0.395 e.